The van der Waals surface area contributed by atoms with Gasteiger partial charge in [-0.2, -0.15) is 0 Å². The van der Waals surface area contributed by atoms with E-state index in [1.807, 2.05) is 0 Å². The Kier molecular flexibility index (Phi) is 7.28. The van der Waals surface area contributed by atoms with Gasteiger partial charge in [0.2, 0.25) is 0 Å². The summed E-state index contributed by atoms with van der Waals surface area (Å²) >= 11 is 7.51. The zero-order valence-electron chi connectivity index (χ0n) is 12.3. The van der Waals surface area contributed by atoms with E-state index in [-0.39, 0.29) is 0 Å². The van der Waals surface area contributed by atoms with E-state index in [4.69, 9.17) is 16.3 Å². The topological polar surface area (TPSA) is 25.4 Å². The van der Waals surface area contributed by atoms with Crippen molar-refractivity contribution in [3.63, 3.8) is 0 Å². The number of aromatic nitrogens is 1. The summed E-state index contributed by atoms with van der Waals surface area (Å²) in [5, 5.41) is 3.30. The van der Waals surface area contributed by atoms with Gasteiger partial charge >= 0.3 is 0 Å². The molecule has 2 heterocycles. The van der Waals surface area contributed by atoms with Crippen LogP contribution in [0.15, 0.2) is 5.38 Å². The van der Waals surface area contributed by atoms with Crippen LogP contribution in [-0.2, 0) is 17.0 Å². The molecule has 1 aromatic rings. The molecule has 20 heavy (non-hydrogen) atoms. The van der Waals surface area contributed by atoms with Gasteiger partial charge in [-0.05, 0) is 52.1 Å². The number of hydrogen-bond acceptors (Lipinski definition) is 4. The number of likely N-dealkylation sites (tertiary alicyclic amines) is 1. The van der Waals surface area contributed by atoms with Crippen LogP contribution in [0.25, 0.3) is 0 Å². The second-order valence-corrected chi connectivity index (χ2v) is 6.55. The van der Waals surface area contributed by atoms with Gasteiger partial charge in [-0.15, -0.1) is 22.9 Å². The van der Waals surface area contributed by atoms with E-state index in [1.54, 1.807) is 11.3 Å². The molecular weight excluding hydrogens is 292 g/mol. The van der Waals surface area contributed by atoms with Crippen molar-refractivity contribution in [2.24, 2.45) is 0 Å². The van der Waals surface area contributed by atoms with Crippen molar-refractivity contribution < 1.29 is 4.74 Å². The van der Waals surface area contributed by atoms with E-state index in [1.165, 1.54) is 43.8 Å². The highest BCUT2D eigenvalue weighted by atomic mass is 35.5. The van der Waals surface area contributed by atoms with Crippen LogP contribution < -0.4 is 0 Å². The van der Waals surface area contributed by atoms with Crippen LogP contribution in [0.4, 0.5) is 0 Å². The van der Waals surface area contributed by atoms with Crippen LogP contribution in [-0.4, -0.2) is 42.2 Å². The molecular formula is C15H25ClN2OS. The molecule has 114 valence electrons. The van der Waals surface area contributed by atoms with Crippen LogP contribution in [0.3, 0.4) is 0 Å². The molecule has 1 aliphatic heterocycles. The molecule has 1 aromatic heterocycles. The largest absolute Gasteiger partial charge is 0.377 e. The molecule has 0 amide bonds. The van der Waals surface area contributed by atoms with E-state index < -0.39 is 0 Å². The van der Waals surface area contributed by atoms with Crippen LogP contribution in [0.1, 0.15) is 43.3 Å². The van der Waals surface area contributed by atoms with E-state index in [9.17, 15) is 0 Å². The number of alkyl halides is 1. The summed E-state index contributed by atoms with van der Waals surface area (Å²) < 4.78 is 5.74. The predicted molar refractivity (Wildman–Crippen MR) is 85.7 cm³/mol. The summed E-state index contributed by atoms with van der Waals surface area (Å²) in [6, 6.07) is 0. The number of unbranched alkanes of at least 4 members (excludes halogenated alkanes) is 1. The maximum atomic E-state index is 5.77. The molecule has 0 spiro atoms. The Bertz CT molecular complexity index is 384. The number of halogens is 1. The van der Waals surface area contributed by atoms with E-state index in [0.29, 0.717) is 12.0 Å². The molecule has 0 bridgehead atoms. The first-order valence-electron chi connectivity index (χ1n) is 7.65. The van der Waals surface area contributed by atoms with Crippen molar-refractivity contribution in [3.05, 3.63) is 16.1 Å². The molecule has 1 unspecified atom stereocenters. The number of ether oxygens (including phenoxy) is 1. The van der Waals surface area contributed by atoms with Crippen molar-refractivity contribution in [2.45, 2.75) is 51.0 Å². The minimum atomic E-state index is 0.457. The highest BCUT2D eigenvalue weighted by Gasteiger charge is 2.19. The average molecular weight is 317 g/mol. The molecule has 0 aliphatic carbocycles. The Morgan fingerprint density at radius 3 is 3.15 bits per heavy atom. The van der Waals surface area contributed by atoms with Gasteiger partial charge in [-0.3, -0.25) is 0 Å². The lowest BCUT2D eigenvalue weighted by Crippen LogP contribution is -2.40. The molecule has 1 fully saturated rings. The summed E-state index contributed by atoms with van der Waals surface area (Å²) in [7, 11) is 0. The Hall–Kier alpha value is -0.160. The normalized spacial score (nSPS) is 20.4. The zero-order chi connectivity index (χ0) is 14.2. The van der Waals surface area contributed by atoms with Gasteiger partial charge < -0.3 is 9.64 Å². The molecule has 0 saturated carbocycles. The Morgan fingerprint density at radius 1 is 1.50 bits per heavy atom. The van der Waals surface area contributed by atoms with Gasteiger partial charge in [0, 0.05) is 18.5 Å². The van der Waals surface area contributed by atoms with E-state index in [2.05, 4.69) is 22.2 Å². The summed E-state index contributed by atoms with van der Waals surface area (Å²) in [4.78, 5) is 7.05. The van der Waals surface area contributed by atoms with Gasteiger partial charge in [0.1, 0.15) is 0 Å². The fourth-order valence-corrected chi connectivity index (χ4v) is 3.79. The number of nitrogens with zero attached hydrogens (tertiary/aromatic N) is 2. The van der Waals surface area contributed by atoms with Gasteiger partial charge in [0.25, 0.3) is 0 Å². The number of piperidine rings is 1. The van der Waals surface area contributed by atoms with Crippen molar-refractivity contribution in [2.75, 3.05) is 26.2 Å². The molecule has 0 N–H and O–H groups in total. The highest BCUT2D eigenvalue weighted by molar-refractivity contribution is 7.09. The number of rotatable bonds is 8. The summed E-state index contributed by atoms with van der Waals surface area (Å²) in [6.45, 7) is 6.46. The fraction of sp³-hybridized carbons (Fsp3) is 0.800. The second-order valence-electron chi connectivity index (χ2n) is 5.34. The van der Waals surface area contributed by atoms with Crippen molar-refractivity contribution in [3.8, 4) is 0 Å². The maximum absolute atomic E-state index is 5.77. The first-order valence-corrected chi connectivity index (χ1v) is 9.06. The van der Waals surface area contributed by atoms with Gasteiger partial charge in [-0.1, -0.05) is 0 Å². The molecule has 1 atom stereocenters. The highest BCUT2D eigenvalue weighted by Crippen LogP contribution is 2.16. The third kappa shape index (κ3) is 5.32. The fourth-order valence-electron chi connectivity index (χ4n) is 2.72. The lowest BCUT2D eigenvalue weighted by molar-refractivity contribution is 0.00563. The summed E-state index contributed by atoms with van der Waals surface area (Å²) in [5.74, 6) is 0.531. The first kappa shape index (κ1) is 16.2. The Morgan fingerprint density at radius 2 is 2.40 bits per heavy atom. The third-order valence-corrected chi connectivity index (χ3v) is 4.95. The number of thiazole rings is 1. The van der Waals surface area contributed by atoms with E-state index >= 15 is 0 Å². The zero-order valence-corrected chi connectivity index (χ0v) is 13.9. The number of aryl methyl sites for hydroxylation is 1. The lowest BCUT2D eigenvalue weighted by Gasteiger charge is -2.32. The lowest BCUT2D eigenvalue weighted by atomic mass is 10.1. The first-order chi connectivity index (χ1) is 9.81. The predicted octanol–water partition coefficient (Wildman–Crippen LogP) is 3.71. The maximum Gasteiger partial charge on any atom is 0.0928 e. The molecule has 0 radical (unpaired) electrons. The Labute approximate surface area is 131 Å². The van der Waals surface area contributed by atoms with Crippen LogP contribution in [0.2, 0.25) is 0 Å². The Balaban J connectivity index is 1.60. The summed E-state index contributed by atoms with van der Waals surface area (Å²) in [5.41, 5.74) is 1.02. The molecule has 0 aromatic carbocycles. The van der Waals surface area contributed by atoms with Crippen molar-refractivity contribution >= 4 is 22.9 Å². The van der Waals surface area contributed by atoms with Gasteiger partial charge in [0.05, 0.1) is 22.7 Å². The van der Waals surface area contributed by atoms with Crippen molar-refractivity contribution in [1.82, 2.24) is 9.88 Å². The van der Waals surface area contributed by atoms with Crippen LogP contribution in [0.5, 0.6) is 0 Å². The van der Waals surface area contributed by atoms with Crippen LogP contribution in [0, 0.1) is 0 Å². The quantitative estimate of drug-likeness (QED) is 0.540. The van der Waals surface area contributed by atoms with Gasteiger partial charge in [0.15, 0.2) is 0 Å². The minimum Gasteiger partial charge on any atom is -0.377 e. The van der Waals surface area contributed by atoms with Crippen LogP contribution >= 0.6 is 22.9 Å². The van der Waals surface area contributed by atoms with E-state index in [0.717, 1.165) is 25.3 Å². The summed E-state index contributed by atoms with van der Waals surface area (Å²) in [6.07, 6.45) is 6.50. The molecule has 2 rings (SSSR count). The SMILES string of the molecule is CCOC1CCCN(CCCCc2nc(CCl)cs2)C1. The second kappa shape index (κ2) is 8.98. The minimum absolute atomic E-state index is 0.457. The smallest absolute Gasteiger partial charge is 0.0928 e. The third-order valence-electron chi connectivity index (χ3n) is 3.72. The molecule has 1 saturated heterocycles. The monoisotopic (exact) mass is 316 g/mol. The standard InChI is InChI=1S/C15H25ClN2OS/c1-2-19-14-6-5-9-18(11-14)8-4-3-7-15-17-13(10-16)12-20-15/h12,14H,2-11H2,1H3. The van der Waals surface area contributed by atoms with Crippen molar-refractivity contribution in [1.29, 1.82) is 0 Å². The molecule has 5 heteroatoms. The molecule has 3 nitrogen and oxygen atoms in total. The number of hydrogen-bond donors (Lipinski definition) is 0. The molecule has 1 aliphatic rings. The average Bonchev–Trinajstić information content (AvgIpc) is 2.92. The van der Waals surface area contributed by atoms with Gasteiger partial charge in [-0.25, -0.2) is 4.98 Å².